The first-order valence-electron chi connectivity index (χ1n) is 10.1. The molecule has 0 saturated carbocycles. The Kier molecular flexibility index (Phi) is 10.2. The molecule has 0 aliphatic heterocycles. The molecule has 1 aromatic heterocycles. The summed E-state index contributed by atoms with van der Waals surface area (Å²) < 4.78 is 15.4. The average Bonchev–Trinajstić information content (AvgIpc) is 2.76. The number of aromatic nitrogens is 1. The number of pyridine rings is 1. The van der Waals surface area contributed by atoms with Gasteiger partial charge in [-0.1, -0.05) is 48.5 Å². The second-order valence-corrected chi connectivity index (χ2v) is 6.95. The van der Waals surface area contributed by atoms with Crippen molar-refractivity contribution in [1.29, 1.82) is 0 Å². The molecular weight excluding hydrogens is 506 g/mol. The minimum Gasteiger partial charge on any atom is -0.357 e. The standard InChI is InChI=1S/C24H27FN4O.HI/c1-2-26-24(27-15-14-21-7-3-4-8-22(21)25)28-17-19-10-12-20(13-11-19)18-29-16-6-5-9-23(29)30;/h3-13,16H,2,14-15,17-18H2,1H3,(H2,26,27,28);1H. The number of guanidine groups is 1. The van der Waals surface area contributed by atoms with Crippen LogP contribution in [-0.4, -0.2) is 23.6 Å². The first kappa shape index (κ1) is 24.6. The summed E-state index contributed by atoms with van der Waals surface area (Å²) in [5.41, 5.74) is 2.81. The summed E-state index contributed by atoms with van der Waals surface area (Å²) in [4.78, 5) is 16.4. The highest BCUT2D eigenvalue weighted by Crippen LogP contribution is 2.08. The van der Waals surface area contributed by atoms with Gasteiger partial charge in [0.05, 0.1) is 13.1 Å². The second kappa shape index (κ2) is 12.9. The van der Waals surface area contributed by atoms with E-state index in [-0.39, 0.29) is 35.4 Å². The zero-order chi connectivity index (χ0) is 21.2. The number of halogens is 2. The van der Waals surface area contributed by atoms with Crippen LogP contribution < -0.4 is 16.2 Å². The van der Waals surface area contributed by atoms with Crippen LogP contribution in [0.5, 0.6) is 0 Å². The van der Waals surface area contributed by atoms with E-state index < -0.39 is 0 Å². The van der Waals surface area contributed by atoms with Gasteiger partial charge in [0.2, 0.25) is 0 Å². The smallest absolute Gasteiger partial charge is 0.250 e. The predicted molar refractivity (Wildman–Crippen MR) is 135 cm³/mol. The largest absolute Gasteiger partial charge is 0.357 e. The fourth-order valence-electron chi connectivity index (χ4n) is 3.07. The van der Waals surface area contributed by atoms with Gasteiger partial charge >= 0.3 is 0 Å². The molecule has 0 spiro atoms. The van der Waals surface area contributed by atoms with Crippen LogP contribution in [0.4, 0.5) is 4.39 Å². The van der Waals surface area contributed by atoms with Crippen molar-refractivity contribution in [1.82, 2.24) is 15.2 Å². The van der Waals surface area contributed by atoms with Gasteiger partial charge in [-0.3, -0.25) is 4.79 Å². The first-order chi connectivity index (χ1) is 14.7. The number of hydrogen-bond donors (Lipinski definition) is 2. The molecule has 2 aromatic carbocycles. The zero-order valence-electron chi connectivity index (χ0n) is 17.6. The minimum atomic E-state index is -0.181. The van der Waals surface area contributed by atoms with Crippen molar-refractivity contribution in [2.75, 3.05) is 13.1 Å². The van der Waals surface area contributed by atoms with Crippen LogP contribution in [0.1, 0.15) is 23.6 Å². The lowest BCUT2D eigenvalue weighted by molar-refractivity contribution is 0.606. The van der Waals surface area contributed by atoms with Crippen LogP contribution >= 0.6 is 24.0 Å². The molecule has 0 saturated heterocycles. The van der Waals surface area contributed by atoms with Crippen LogP contribution in [-0.2, 0) is 19.5 Å². The van der Waals surface area contributed by atoms with Crippen molar-refractivity contribution < 1.29 is 4.39 Å². The maximum atomic E-state index is 13.7. The number of rotatable bonds is 8. The number of benzene rings is 2. The summed E-state index contributed by atoms with van der Waals surface area (Å²) in [6, 6.07) is 20.1. The Labute approximate surface area is 199 Å². The highest BCUT2D eigenvalue weighted by molar-refractivity contribution is 14.0. The van der Waals surface area contributed by atoms with Crippen LogP contribution in [0, 0.1) is 5.82 Å². The van der Waals surface area contributed by atoms with Gasteiger partial charge in [-0.2, -0.15) is 0 Å². The molecule has 0 radical (unpaired) electrons. The topological polar surface area (TPSA) is 58.4 Å². The summed E-state index contributed by atoms with van der Waals surface area (Å²) in [7, 11) is 0. The zero-order valence-corrected chi connectivity index (χ0v) is 19.9. The van der Waals surface area contributed by atoms with Gasteiger partial charge in [-0.25, -0.2) is 9.38 Å². The Morgan fingerprint density at radius 3 is 2.39 bits per heavy atom. The van der Waals surface area contributed by atoms with E-state index in [1.807, 2.05) is 43.3 Å². The third-order valence-corrected chi connectivity index (χ3v) is 4.68. The van der Waals surface area contributed by atoms with Crippen LogP contribution in [0.25, 0.3) is 0 Å². The van der Waals surface area contributed by atoms with E-state index in [0.717, 1.165) is 17.7 Å². The van der Waals surface area contributed by atoms with Crippen LogP contribution in [0.15, 0.2) is 82.7 Å². The molecule has 0 atom stereocenters. The maximum absolute atomic E-state index is 13.7. The molecular formula is C24H28FIN4O. The van der Waals surface area contributed by atoms with Crippen LogP contribution in [0.3, 0.4) is 0 Å². The van der Waals surface area contributed by atoms with Crippen molar-refractivity contribution in [3.8, 4) is 0 Å². The summed E-state index contributed by atoms with van der Waals surface area (Å²) in [5.74, 6) is 0.521. The molecule has 0 bridgehead atoms. The lowest BCUT2D eigenvalue weighted by Gasteiger charge is -2.12. The molecule has 0 unspecified atom stereocenters. The minimum absolute atomic E-state index is 0. The van der Waals surface area contributed by atoms with Gasteiger partial charge in [-0.05, 0) is 42.2 Å². The van der Waals surface area contributed by atoms with Gasteiger partial charge in [0.25, 0.3) is 5.56 Å². The molecule has 5 nitrogen and oxygen atoms in total. The quantitative estimate of drug-likeness (QED) is 0.262. The molecule has 1 heterocycles. The van der Waals surface area contributed by atoms with E-state index in [0.29, 0.717) is 37.6 Å². The molecule has 31 heavy (non-hydrogen) atoms. The van der Waals surface area contributed by atoms with E-state index in [2.05, 4.69) is 15.6 Å². The lowest BCUT2D eigenvalue weighted by atomic mass is 10.1. The van der Waals surface area contributed by atoms with Crippen LogP contribution in [0.2, 0.25) is 0 Å². The van der Waals surface area contributed by atoms with E-state index in [1.165, 1.54) is 6.07 Å². The SMILES string of the molecule is CCNC(=NCc1ccc(Cn2ccccc2=O)cc1)NCCc1ccccc1F.I. The van der Waals surface area contributed by atoms with Gasteiger partial charge < -0.3 is 15.2 Å². The highest BCUT2D eigenvalue weighted by Gasteiger charge is 2.03. The van der Waals surface area contributed by atoms with Crippen molar-refractivity contribution in [2.45, 2.75) is 26.4 Å². The summed E-state index contributed by atoms with van der Waals surface area (Å²) >= 11 is 0. The average molecular weight is 534 g/mol. The number of nitrogens with zero attached hydrogens (tertiary/aromatic N) is 2. The first-order valence-corrected chi connectivity index (χ1v) is 10.1. The fourth-order valence-corrected chi connectivity index (χ4v) is 3.07. The number of nitrogens with one attached hydrogen (secondary N) is 2. The van der Waals surface area contributed by atoms with Gasteiger partial charge in [0, 0.05) is 25.4 Å². The highest BCUT2D eigenvalue weighted by atomic mass is 127. The maximum Gasteiger partial charge on any atom is 0.250 e. The van der Waals surface area contributed by atoms with Gasteiger partial charge in [-0.15, -0.1) is 24.0 Å². The molecule has 0 fully saturated rings. The molecule has 0 aliphatic rings. The molecule has 2 N–H and O–H groups in total. The third kappa shape index (κ3) is 7.82. The number of hydrogen-bond acceptors (Lipinski definition) is 2. The normalized spacial score (nSPS) is 11.0. The van der Waals surface area contributed by atoms with Crippen molar-refractivity contribution in [3.63, 3.8) is 0 Å². The molecule has 3 aromatic rings. The summed E-state index contributed by atoms with van der Waals surface area (Å²) in [5, 5.41) is 6.46. The molecule has 0 aliphatic carbocycles. The molecule has 3 rings (SSSR count). The number of aliphatic imine (C=N–C) groups is 1. The Morgan fingerprint density at radius 1 is 0.968 bits per heavy atom. The summed E-state index contributed by atoms with van der Waals surface area (Å²) in [6.45, 7) is 4.42. The Bertz CT molecular complexity index is 1030. The van der Waals surface area contributed by atoms with E-state index >= 15 is 0 Å². The molecule has 7 heteroatoms. The predicted octanol–water partition coefficient (Wildman–Crippen LogP) is 3.95. The Morgan fingerprint density at radius 2 is 1.68 bits per heavy atom. The monoisotopic (exact) mass is 534 g/mol. The van der Waals surface area contributed by atoms with Crippen molar-refractivity contribution in [3.05, 3.63) is 106 Å². The Hall–Kier alpha value is -2.68. The summed E-state index contributed by atoms with van der Waals surface area (Å²) in [6.07, 6.45) is 2.38. The third-order valence-electron chi connectivity index (χ3n) is 4.68. The van der Waals surface area contributed by atoms with E-state index in [1.54, 1.807) is 35.0 Å². The lowest BCUT2D eigenvalue weighted by Crippen LogP contribution is -2.38. The van der Waals surface area contributed by atoms with Gasteiger partial charge in [0.1, 0.15) is 5.82 Å². The van der Waals surface area contributed by atoms with Gasteiger partial charge in [0.15, 0.2) is 5.96 Å². The fraction of sp³-hybridized carbons (Fsp3) is 0.250. The molecule has 0 amide bonds. The molecule has 164 valence electrons. The van der Waals surface area contributed by atoms with Crippen molar-refractivity contribution in [2.24, 2.45) is 4.99 Å². The van der Waals surface area contributed by atoms with Crippen molar-refractivity contribution >= 4 is 29.9 Å². The Balaban J connectivity index is 0.00000341. The second-order valence-electron chi connectivity index (χ2n) is 6.95. The van der Waals surface area contributed by atoms with E-state index in [9.17, 15) is 9.18 Å². The van der Waals surface area contributed by atoms with E-state index in [4.69, 9.17) is 0 Å².